The maximum absolute atomic E-state index is 10.8. The fourth-order valence-electron chi connectivity index (χ4n) is 1.48. The lowest BCUT2D eigenvalue weighted by molar-refractivity contribution is 0.0698. The molecule has 88 valence electrons. The molecule has 0 atom stereocenters. The molecular weight excluding hydrogens is 220 g/mol. The Hall–Kier alpha value is -2.22. The second-order valence-corrected chi connectivity index (χ2v) is 4.11. The van der Waals surface area contributed by atoms with Gasteiger partial charge in [0.15, 0.2) is 0 Å². The van der Waals surface area contributed by atoms with Crippen LogP contribution in [0.1, 0.15) is 28.8 Å². The van der Waals surface area contributed by atoms with Gasteiger partial charge in [-0.05, 0) is 24.8 Å². The molecule has 0 aliphatic heterocycles. The van der Waals surface area contributed by atoms with Crippen LogP contribution in [0.2, 0.25) is 0 Å². The quantitative estimate of drug-likeness (QED) is 0.769. The highest BCUT2D eigenvalue weighted by Gasteiger charge is 2.23. The van der Waals surface area contributed by atoms with E-state index in [9.17, 15) is 4.79 Å². The van der Waals surface area contributed by atoms with Gasteiger partial charge < -0.3 is 15.6 Å². The largest absolute Gasteiger partial charge is 0.492 e. The van der Waals surface area contributed by atoms with Crippen molar-refractivity contribution in [3.05, 3.63) is 23.3 Å². The first-order valence-electron chi connectivity index (χ1n) is 5.31. The lowest BCUT2D eigenvalue weighted by Gasteiger charge is -2.09. The van der Waals surface area contributed by atoms with Crippen molar-refractivity contribution in [1.29, 1.82) is 5.26 Å². The standard InChI is InChI=1S/C12H12N2O3/c13-5-8-3-9(12(15)16)10(14)4-11(8)17-6-7-1-2-7/h3-4,7H,1-2,6,14H2,(H,15,16). The molecule has 5 heteroatoms. The minimum absolute atomic E-state index is 0.0691. The maximum atomic E-state index is 10.8. The molecule has 2 rings (SSSR count). The van der Waals surface area contributed by atoms with Crippen LogP contribution >= 0.6 is 0 Å². The Morgan fingerprint density at radius 1 is 1.59 bits per heavy atom. The van der Waals surface area contributed by atoms with Gasteiger partial charge in [-0.25, -0.2) is 4.79 Å². The number of carboxylic acids is 1. The summed E-state index contributed by atoms with van der Waals surface area (Å²) >= 11 is 0. The van der Waals surface area contributed by atoms with E-state index in [0.29, 0.717) is 18.3 Å². The second kappa shape index (κ2) is 4.34. The summed E-state index contributed by atoms with van der Waals surface area (Å²) < 4.78 is 5.47. The molecule has 0 radical (unpaired) electrons. The van der Waals surface area contributed by atoms with Crippen LogP contribution in [0.4, 0.5) is 5.69 Å². The van der Waals surface area contributed by atoms with Crippen LogP contribution in [-0.4, -0.2) is 17.7 Å². The lowest BCUT2D eigenvalue weighted by atomic mass is 10.1. The summed E-state index contributed by atoms with van der Waals surface area (Å²) in [5, 5.41) is 17.8. The van der Waals surface area contributed by atoms with Gasteiger partial charge in [0.25, 0.3) is 0 Å². The molecule has 1 fully saturated rings. The average Bonchev–Trinajstić information content (AvgIpc) is 3.09. The monoisotopic (exact) mass is 232 g/mol. The summed E-state index contributed by atoms with van der Waals surface area (Å²) in [4.78, 5) is 10.8. The van der Waals surface area contributed by atoms with Gasteiger partial charge in [-0.2, -0.15) is 5.26 Å². The summed E-state index contributed by atoms with van der Waals surface area (Å²) in [6.45, 7) is 0.556. The van der Waals surface area contributed by atoms with E-state index < -0.39 is 5.97 Å². The summed E-state index contributed by atoms with van der Waals surface area (Å²) in [6.07, 6.45) is 2.29. The highest BCUT2D eigenvalue weighted by atomic mass is 16.5. The number of hydrogen-bond acceptors (Lipinski definition) is 4. The number of rotatable bonds is 4. The fourth-order valence-corrected chi connectivity index (χ4v) is 1.48. The molecule has 0 unspecified atom stereocenters. The number of carbonyl (C=O) groups is 1. The average molecular weight is 232 g/mol. The molecule has 5 nitrogen and oxygen atoms in total. The van der Waals surface area contributed by atoms with Crippen molar-refractivity contribution in [2.24, 2.45) is 5.92 Å². The summed E-state index contributed by atoms with van der Waals surface area (Å²) in [7, 11) is 0. The van der Waals surface area contributed by atoms with Gasteiger partial charge in [-0.15, -0.1) is 0 Å². The van der Waals surface area contributed by atoms with Crippen LogP contribution in [0.5, 0.6) is 5.75 Å². The second-order valence-electron chi connectivity index (χ2n) is 4.11. The Kier molecular flexibility index (Phi) is 2.88. The Morgan fingerprint density at radius 2 is 2.29 bits per heavy atom. The zero-order chi connectivity index (χ0) is 12.4. The molecule has 0 heterocycles. The predicted molar refractivity (Wildman–Crippen MR) is 60.7 cm³/mol. The van der Waals surface area contributed by atoms with Crippen molar-refractivity contribution in [2.75, 3.05) is 12.3 Å². The number of hydrogen-bond donors (Lipinski definition) is 2. The van der Waals surface area contributed by atoms with Crippen LogP contribution in [0.25, 0.3) is 0 Å². The molecule has 0 amide bonds. The van der Waals surface area contributed by atoms with Gasteiger partial charge in [-0.1, -0.05) is 0 Å². The zero-order valence-electron chi connectivity index (χ0n) is 9.14. The summed E-state index contributed by atoms with van der Waals surface area (Å²) in [6, 6.07) is 4.58. The zero-order valence-corrected chi connectivity index (χ0v) is 9.14. The van der Waals surface area contributed by atoms with Gasteiger partial charge in [0.05, 0.1) is 17.7 Å². The number of nitrogens with two attached hydrogens (primary N) is 1. The van der Waals surface area contributed by atoms with E-state index in [-0.39, 0.29) is 16.8 Å². The highest BCUT2D eigenvalue weighted by molar-refractivity contribution is 5.94. The van der Waals surface area contributed by atoms with Crippen molar-refractivity contribution < 1.29 is 14.6 Å². The Bertz CT molecular complexity index is 501. The Labute approximate surface area is 98.4 Å². The van der Waals surface area contributed by atoms with Gasteiger partial charge >= 0.3 is 5.97 Å². The number of benzene rings is 1. The van der Waals surface area contributed by atoms with Crippen molar-refractivity contribution in [3.8, 4) is 11.8 Å². The molecule has 3 N–H and O–H groups in total. The number of carboxylic acid groups (broad SMARTS) is 1. The van der Waals surface area contributed by atoms with Crippen LogP contribution in [0, 0.1) is 17.2 Å². The molecule has 1 aromatic rings. The first-order chi connectivity index (χ1) is 8.11. The topological polar surface area (TPSA) is 96.3 Å². The molecular formula is C12H12N2O3. The number of nitriles is 1. The van der Waals surface area contributed by atoms with Gasteiger partial charge in [0.2, 0.25) is 0 Å². The lowest BCUT2D eigenvalue weighted by Crippen LogP contribution is -2.06. The first kappa shape index (κ1) is 11.3. The van der Waals surface area contributed by atoms with Crippen molar-refractivity contribution in [2.45, 2.75) is 12.8 Å². The molecule has 17 heavy (non-hydrogen) atoms. The minimum Gasteiger partial charge on any atom is -0.492 e. The van der Waals surface area contributed by atoms with Gasteiger partial charge in [0.1, 0.15) is 11.8 Å². The Morgan fingerprint density at radius 3 is 2.82 bits per heavy atom. The van der Waals surface area contributed by atoms with Gasteiger partial charge in [0, 0.05) is 11.8 Å². The van der Waals surface area contributed by atoms with Crippen LogP contribution in [0.15, 0.2) is 12.1 Å². The fraction of sp³-hybridized carbons (Fsp3) is 0.333. The van der Waals surface area contributed by atoms with E-state index in [1.54, 1.807) is 0 Å². The SMILES string of the molecule is N#Cc1cc(C(=O)O)c(N)cc1OCC1CC1. The van der Waals surface area contributed by atoms with E-state index in [1.807, 2.05) is 6.07 Å². The van der Waals surface area contributed by atoms with Crippen molar-refractivity contribution >= 4 is 11.7 Å². The number of ether oxygens (including phenoxy) is 1. The number of nitrogens with zero attached hydrogens (tertiary/aromatic N) is 1. The third kappa shape index (κ3) is 2.48. The third-order valence-electron chi connectivity index (χ3n) is 2.67. The molecule has 1 aliphatic rings. The van der Waals surface area contributed by atoms with E-state index in [1.165, 1.54) is 12.1 Å². The van der Waals surface area contributed by atoms with E-state index in [4.69, 9.17) is 20.8 Å². The molecule has 1 saturated carbocycles. The number of anilines is 1. The number of aromatic carboxylic acids is 1. The van der Waals surface area contributed by atoms with Crippen LogP contribution in [-0.2, 0) is 0 Å². The first-order valence-corrected chi connectivity index (χ1v) is 5.31. The molecule has 0 spiro atoms. The third-order valence-corrected chi connectivity index (χ3v) is 2.67. The predicted octanol–water partition coefficient (Wildman–Crippen LogP) is 1.63. The summed E-state index contributed by atoms with van der Waals surface area (Å²) in [5.74, 6) is -0.225. The molecule has 0 bridgehead atoms. The minimum atomic E-state index is -1.15. The van der Waals surface area contributed by atoms with Gasteiger partial charge in [-0.3, -0.25) is 0 Å². The number of nitrogen functional groups attached to an aromatic ring is 1. The van der Waals surface area contributed by atoms with Crippen molar-refractivity contribution in [3.63, 3.8) is 0 Å². The van der Waals surface area contributed by atoms with E-state index in [2.05, 4.69) is 0 Å². The van der Waals surface area contributed by atoms with Crippen LogP contribution in [0.3, 0.4) is 0 Å². The Balaban J connectivity index is 2.27. The summed E-state index contributed by atoms with van der Waals surface area (Å²) in [5.41, 5.74) is 5.85. The van der Waals surface area contributed by atoms with Crippen molar-refractivity contribution in [1.82, 2.24) is 0 Å². The smallest absolute Gasteiger partial charge is 0.337 e. The molecule has 1 aliphatic carbocycles. The maximum Gasteiger partial charge on any atom is 0.337 e. The molecule has 0 saturated heterocycles. The highest BCUT2D eigenvalue weighted by Crippen LogP contribution is 2.31. The van der Waals surface area contributed by atoms with Crippen LogP contribution < -0.4 is 10.5 Å². The normalized spacial score (nSPS) is 14.1. The molecule has 1 aromatic carbocycles. The molecule has 0 aromatic heterocycles. The van der Waals surface area contributed by atoms with E-state index >= 15 is 0 Å². The van der Waals surface area contributed by atoms with E-state index in [0.717, 1.165) is 12.8 Å².